The molecule has 17 heavy (non-hydrogen) atoms. The van der Waals surface area contributed by atoms with Crippen molar-refractivity contribution in [3.63, 3.8) is 0 Å². The molecule has 0 radical (unpaired) electrons. The number of carbonyl (C=O) groups is 2. The fraction of sp³-hybridized carbons (Fsp3) is 0.667. The van der Waals surface area contributed by atoms with Crippen LogP contribution in [0.1, 0.15) is 33.1 Å². The maximum absolute atomic E-state index is 11.0. The van der Waals surface area contributed by atoms with Crippen LogP contribution in [0.3, 0.4) is 0 Å². The molecule has 98 valence electrons. The number of nitrogens with one attached hydrogen (secondary N) is 1. The van der Waals surface area contributed by atoms with Gasteiger partial charge in [0.15, 0.2) is 0 Å². The zero-order chi connectivity index (χ0) is 13.1. The highest BCUT2D eigenvalue weighted by Crippen LogP contribution is 1.98. The van der Waals surface area contributed by atoms with Gasteiger partial charge >= 0.3 is 12.1 Å². The van der Waals surface area contributed by atoms with Crippen LogP contribution in [-0.2, 0) is 14.3 Å². The van der Waals surface area contributed by atoms with Gasteiger partial charge in [0.2, 0.25) is 0 Å². The third-order valence-electron chi connectivity index (χ3n) is 1.95. The standard InChI is InChI=1S/C12H21NO4/c1-4-16-12(15)13-8-6-5-7-9-17-11(14)10(2)3/h2,4-9H2,1,3H3,(H,13,15). The molecule has 0 aromatic heterocycles. The average Bonchev–Trinajstić information content (AvgIpc) is 2.27. The quantitative estimate of drug-likeness (QED) is 0.402. The summed E-state index contributed by atoms with van der Waals surface area (Å²) in [6, 6.07) is 0. The molecule has 0 saturated heterocycles. The summed E-state index contributed by atoms with van der Waals surface area (Å²) in [5, 5.41) is 2.62. The van der Waals surface area contributed by atoms with E-state index < -0.39 is 0 Å². The van der Waals surface area contributed by atoms with Crippen molar-refractivity contribution in [1.29, 1.82) is 0 Å². The molecule has 5 nitrogen and oxygen atoms in total. The number of hydrogen-bond acceptors (Lipinski definition) is 4. The first-order valence-corrected chi connectivity index (χ1v) is 5.81. The Morgan fingerprint density at radius 3 is 2.47 bits per heavy atom. The molecule has 5 heteroatoms. The van der Waals surface area contributed by atoms with E-state index in [0.717, 1.165) is 19.3 Å². The van der Waals surface area contributed by atoms with E-state index in [9.17, 15) is 9.59 Å². The average molecular weight is 243 g/mol. The van der Waals surface area contributed by atoms with Gasteiger partial charge in [-0.15, -0.1) is 0 Å². The number of esters is 1. The van der Waals surface area contributed by atoms with Crippen molar-refractivity contribution >= 4 is 12.1 Å². The van der Waals surface area contributed by atoms with Crippen molar-refractivity contribution in [2.24, 2.45) is 0 Å². The number of amides is 1. The maximum atomic E-state index is 11.0. The van der Waals surface area contributed by atoms with E-state index in [2.05, 4.69) is 11.9 Å². The smallest absolute Gasteiger partial charge is 0.407 e. The molecule has 1 amide bonds. The van der Waals surface area contributed by atoms with Crippen LogP contribution in [0.5, 0.6) is 0 Å². The summed E-state index contributed by atoms with van der Waals surface area (Å²) in [5.74, 6) is -0.352. The van der Waals surface area contributed by atoms with E-state index in [1.54, 1.807) is 13.8 Å². The first-order chi connectivity index (χ1) is 8.07. The molecule has 0 aromatic carbocycles. The number of hydrogen-bond donors (Lipinski definition) is 1. The van der Waals surface area contributed by atoms with Gasteiger partial charge in [-0.1, -0.05) is 6.58 Å². The van der Waals surface area contributed by atoms with Crippen molar-refractivity contribution < 1.29 is 19.1 Å². The van der Waals surface area contributed by atoms with Crippen LogP contribution in [0.15, 0.2) is 12.2 Å². The summed E-state index contributed by atoms with van der Waals surface area (Å²) < 4.78 is 9.62. The molecule has 0 saturated carbocycles. The molecule has 0 aliphatic heterocycles. The van der Waals surface area contributed by atoms with Crippen molar-refractivity contribution in [2.45, 2.75) is 33.1 Å². The topological polar surface area (TPSA) is 64.6 Å². The molecule has 0 aliphatic rings. The minimum absolute atomic E-state index is 0.352. The fourth-order valence-corrected chi connectivity index (χ4v) is 1.06. The maximum Gasteiger partial charge on any atom is 0.407 e. The molecule has 0 aromatic rings. The number of unbranched alkanes of at least 4 members (excludes halogenated alkanes) is 2. The lowest BCUT2D eigenvalue weighted by Gasteiger charge is -2.05. The van der Waals surface area contributed by atoms with Gasteiger partial charge in [0, 0.05) is 12.1 Å². The normalized spacial score (nSPS) is 9.53. The molecule has 0 rings (SSSR count). The minimum Gasteiger partial charge on any atom is -0.462 e. The molecule has 0 fully saturated rings. The van der Waals surface area contributed by atoms with E-state index in [1.165, 1.54) is 0 Å². The Balaban J connectivity index is 3.27. The van der Waals surface area contributed by atoms with Crippen LogP contribution in [-0.4, -0.2) is 31.8 Å². The molecular formula is C12H21NO4. The van der Waals surface area contributed by atoms with Gasteiger partial charge in [0.1, 0.15) is 0 Å². The second kappa shape index (κ2) is 9.69. The Morgan fingerprint density at radius 1 is 1.18 bits per heavy atom. The molecule has 0 spiro atoms. The summed E-state index contributed by atoms with van der Waals surface area (Å²) in [6.07, 6.45) is 2.12. The van der Waals surface area contributed by atoms with E-state index in [1.807, 2.05) is 0 Å². The number of alkyl carbamates (subject to hydrolysis) is 1. The fourth-order valence-electron chi connectivity index (χ4n) is 1.06. The van der Waals surface area contributed by atoms with Gasteiger partial charge < -0.3 is 14.8 Å². The zero-order valence-corrected chi connectivity index (χ0v) is 10.6. The molecule has 1 N–H and O–H groups in total. The Hall–Kier alpha value is -1.52. The predicted molar refractivity (Wildman–Crippen MR) is 64.6 cm³/mol. The first-order valence-electron chi connectivity index (χ1n) is 5.81. The summed E-state index contributed by atoms with van der Waals surface area (Å²) in [4.78, 5) is 21.9. The van der Waals surface area contributed by atoms with Crippen LogP contribution in [0.2, 0.25) is 0 Å². The molecule has 0 bridgehead atoms. The SMILES string of the molecule is C=C(C)C(=O)OCCCCCNC(=O)OCC. The summed E-state index contributed by atoms with van der Waals surface area (Å²) in [7, 11) is 0. The van der Waals surface area contributed by atoms with Crippen molar-refractivity contribution in [3.05, 3.63) is 12.2 Å². The first kappa shape index (κ1) is 15.5. The van der Waals surface area contributed by atoms with Gasteiger partial charge in [0.25, 0.3) is 0 Å². The minimum atomic E-state index is -0.388. The van der Waals surface area contributed by atoms with Crippen molar-refractivity contribution in [3.8, 4) is 0 Å². The summed E-state index contributed by atoms with van der Waals surface area (Å²) in [5.41, 5.74) is 0.411. The van der Waals surface area contributed by atoms with Gasteiger partial charge in [0.05, 0.1) is 13.2 Å². The van der Waals surface area contributed by atoms with Gasteiger partial charge in [-0.2, -0.15) is 0 Å². The van der Waals surface area contributed by atoms with Gasteiger partial charge in [-0.25, -0.2) is 9.59 Å². The predicted octanol–water partition coefficient (Wildman–Crippen LogP) is 2.02. The van der Waals surface area contributed by atoms with E-state index in [0.29, 0.717) is 25.3 Å². The highest BCUT2D eigenvalue weighted by molar-refractivity contribution is 5.86. The van der Waals surface area contributed by atoms with Gasteiger partial charge in [-0.05, 0) is 33.1 Å². The van der Waals surface area contributed by atoms with Crippen LogP contribution in [0.25, 0.3) is 0 Å². The van der Waals surface area contributed by atoms with Crippen LogP contribution >= 0.6 is 0 Å². The Bertz CT molecular complexity index is 263. The summed E-state index contributed by atoms with van der Waals surface area (Å²) >= 11 is 0. The third kappa shape index (κ3) is 9.41. The molecule has 0 atom stereocenters. The second-order valence-corrected chi connectivity index (χ2v) is 3.62. The lowest BCUT2D eigenvalue weighted by atomic mass is 10.2. The Kier molecular flexibility index (Phi) is 8.82. The Labute approximate surface area is 102 Å². The Morgan fingerprint density at radius 2 is 1.88 bits per heavy atom. The highest BCUT2D eigenvalue weighted by atomic mass is 16.5. The highest BCUT2D eigenvalue weighted by Gasteiger charge is 2.02. The second-order valence-electron chi connectivity index (χ2n) is 3.62. The van der Waals surface area contributed by atoms with Gasteiger partial charge in [-0.3, -0.25) is 0 Å². The summed E-state index contributed by atoms with van der Waals surface area (Å²) in [6.45, 7) is 8.21. The van der Waals surface area contributed by atoms with E-state index in [4.69, 9.17) is 9.47 Å². The molecule has 0 unspecified atom stereocenters. The van der Waals surface area contributed by atoms with Crippen LogP contribution in [0, 0.1) is 0 Å². The zero-order valence-electron chi connectivity index (χ0n) is 10.6. The molecule has 0 heterocycles. The monoisotopic (exact) mass is 243 g/mol. The van der Waals surface area contributed by atoms with E-state index >= 15 is 0 Å². The number of carbonyl (C=O) groups excluding carboxylic acids is 2. The number of rotatable bonds is 8. The lowest BCUT2D eigenvalue weighted by molar-refractivity contribution is -0.139. The number of ether oxygens (including phenoxy) is 2. The third-order valence-corrected chi connectivity index (χ3v) is 1.95. The van der Waals surface area contributed by atoms with Crippen molar-refractivity contribution in [2.75, 3.05) is 19.8 Å². The van der Waals surface area contributed by atoms with Crippen molar-refractivity contribution in [1.82, 2.24) is 5.32 Å². The lowest BCUT2D eigenvalue weighted by Crippen LogP contribution is -2.25. The van der Waals surface area contributed by atoms with Crippen LogP contribution in [0.4, 0.5) is 4.79 Å². The van der Waals surface area contributed by atoms with Crippen LogP contribution < -0.4 is 5.32 Å². The largest absolute Gasteiger partial charge is 0.462 e. The molecular weight excluding hydrogens is 222 g/mol. The van der Waals surface area contributed by atoms with E-state index in [-0.39, 0.29) is 12.1 Å². The molecule has 0 aliphatic carbocycles.